The van der Waals surface area contributed by atoms with Gasteiger partial charge in [-0.15, -0.1) is 0 Å². The second-order valence-corrected chi connectivity index (χ2v) is 6.96. The van der Waals surface area contributed by atoms with Gasteiger partial charge in [-0.1, -0.05) is 24.4 Å². The van der Waals surface area contributed by atoms with E-state index in [0.717, 1.165) is 18.3 Å². The van der Waals surface area contributed by atoms with E-state index in [1.54, 1.807) is 0 Å². The van der Waals surface area contributed by atoms with Crippen molar-refractivity contribution in [2.45, 2.75) is 57.0 Å². The van der Waals surface area contributed by atoms with E-state index in [1.807, 2.05) is 11.8 Å². The molecule has 1 aliphatic carbocycles. The maximum Gasteiger partial charge on any atom is 0.240 e. The van der Waals surface area contributed by atoms with Gasteiger partial charge in [0.25, 0.3) is 0 Å². The molecule has 3 rings (SSSR count). The quantitative estimate of drug-likeness (QED) is 0.848. The molecule has 1 unspecified atom stereocenters. The largest absolute Gasteiger partial charge is 0.338 e. The van der Waals surface area contributed by atoms with Crippen molar-refractivity contribution in [3.8, 4) is 0 Å². The first-order valence-electron chi connectivity index (χ1n) is 7.43. The zero-order chi connectivity index (χ0) is 13.1. The summed E-state index contributed by atoms with van der Waals surface area (Å²) in [6, 6.07) is 0.676. The first kappa shape index (κ1) is 13.4. The van der Waals surface area contributed by atoms with Gasteiger partial charge in [-0.2, -0.15) is 16.7 Å². The highest BCUT2D eigenvalue weighted by atomic mass is 32.2. The monoisotopic (exact) mass is 281 g/mol. The number of hydrogen-bond donors (Lipinski definition) is 0. The molecule has 0 aromatic carbocycles. The molecule has 0 spiro atoms. The number of rotatable bonds is 4. The molecule has 0 amide bonds. The van der Waals surface area contributed by atoms with E-state index in [2.05, 4.69) is 22.1 Å². The van der Waals surface area contributed by atoms with Gasteiger partial charge >= 0.3 is 0 Å². The van der Waals surface area contributed by atoms with Gasteiger partial charge in [0, 0.05) is 17.7 Å². The van der Waals surface area contributed by atoms with Crippen molar-refractivity contribution in [1.82, 2.24) is 15.0 Å². The highest BCUT2D eigenvalue weighted by molar-refractivity contribution is 7.99. The highest BCUT2D eigenvalue weighted by Gasteiger charge is 2.24. The molecule has 2 fully saturated rings. The van der Waals surface area contributed by atoms with Crippen LogP contribution >= 0.6 is 11.8 Å². The number of thioether (sulfide) groups is 1. The van der Waals surface area contributed by atoms with E-state index in [9.17, 15) is 0 Å². The van der Waals surface area contributed by atoms with Gasteiger partial charge in [0.2, 0.25) is 5.89 Å². The first-order valence-corrected chi connectivity index (χ1v) is 8.59. The van der Waals surface area contributed by atoms with Crippen LogP contribution < -0.4 is 0 Å². The second-order valence-electron chi connectivity index (χ2n) is 5.81. The van der Waals surface area contributed by atoms with Crippen molar-refractivity contribution in [2.75, 3.05) is 18.6 Å². The van der Waals surface area contributed by atoms with Crippen LogP contribution in [0.4, 0.5) is 0 Å². The lowest BCUT2D eigenvalue weighted by Gasteiger charge is -2.21. The van der Waals surface area contributed by atoms with Gasteiger partial charge in [0.1, 0.15) is 0 Å². The van der Waals surface area contributed by atoms with Crippen LogP contribution in [-0.4, -0.2) is 39.6 Å². The minimum atomic E-state index is 0.540. The van der Waals surface area contributed by atoms with Crippen molar-refractivity contribution in [2.24, 2.45) is 0 Å². The molecule has 0 radical (unpaired) electrons. The van der Waals surface area contributed by atoms with Crippen molar-refractivity contribution >= 4 is 11.8 Å². The Hall–Kier alpha value is -0.550. The van der Waals surface area contributed by atoms with Crippen LogP contribution in [0.1, 0.15) is 56.2 Å². The summed E-state index contributed by atoms with van der Waals surface area (Å²) in [5, 5.41) is 4.20. The Labute approximate surface area is 119 Å². The lowest BCUT2D eigenvalue weighted by atomic mass is 9.89. The molecule has 0 N–H and O–H groups in total. The van der Waals surface area contributed by atoms with Crippen molar-refractivity contribution in [3.63, 3.8) is 0 Å². The molecule has 1 saturated carbocycles. The highest BCUT2D eigenvalue weighted by Crippen LogP contribution is 2.31. The molecule has 0 bridgehead atoms. The Morgan fingerprint density at radius 2 is 2.11 bits per heavy atom. The van der Waals surface area contributed by atoms with Crippen LogP contribution in [0.5, 0.6) is 0 Å². The van der Waals surface area contributed by atoms with Crippen LogP contribution in [0.3, 0.4) is 0 Å². The van der Waals surface area contributed by atoms with Crippen molar-refractivity contribution in [3.05, 3.63) is 11.7 Å². The summed E-state index contributed by atoms with van der Waals surface area (Å²) in [6.45, 7) is 0.797. The summed E-state index contributed by atoms with van der Waals surface area (Å²) >= 11 is 2.04. The Balaban J connectivity index is 1.57. The predicted molar refractivity (Wildman–Crippen MR) is 77.3 cm³/mol. The SMILES string of the molecule is CN(Cc1nc(C2CCCCC2)no1)C1CCSC1. The zero-order valence-electron chi connectivity index (χ0n) is 11.7. The lowest BCUT2D eigenvalue weighted by Crippen LogP contribution is -2.31. The summed E-state index contributed by atoms with van der Waals surface area (Å²) < 4.78 is 5.44. The summed E-state index contributed by atoms with van der Waals surface area (Å²) in [7, 11) is 2.17. The second kappa shape index (κ2) is 6.27. The fraction of sp³-hybridized carbons (Fsp3) is 0.857. The number of hydrogen-bond acceptors (Lipinski definition) is 5. The Kier molecular flexibility index (Phi) is 4.43. The molecule has 1 aromatic heterocycles. The van der Waals surface area contributed by atoms with Gasteiger partial charge in [-0.25, -0.2) is 0 Å². The molecular weight excluding hydrogens is 258 g/mol. The minimum absolute atomic E-state index is 0.540. The Morgan fingerprint density at radius 3 is 2.84 bits per heavy atom. The van der Waals surface area contributed by atoms with Gasteiger partial charge in [-0.05, 0) is 32.1 Å². The molecule has 19 heavy (non-hydrogen) atoms. The molecule has 1 saturated heterocycles. The molecule has 2 heterocycles. The zero-order valence-corrected chi connectivity index (χ0v) is 12.5. The lowest BCUT2D eigenvalue weighted by molar-refractivity contribution is 0.218. The Bertz CT molecular complexity index is 397. The van der Waals surface area contributed by atoms with E-state index in [0.29, 0.717) is 12.0 Å². The van der Waals surface area contributed by atoms with Crippen LogP contribution in [0.15, 0.2) is 4.52 Å². The standard InChI is InChI=1S/C14H23N3OS/c1-17(12-7-8-19-10-12)9-13-15-14(16-18-13)11-5-3-2-4-6-11/h11-12H,2-10H2,1H3. The molecule has 1 atom stereocenters. The topological polar surface area (TPSA) is 42.2 Å². The van der Waals surface area contributed by atoms with Gasteiger partial charge in [0.15, 0.2) is 5.82 Å². The normalized spacial score (nSPS) is 25.3. The average molecular weight is 281 g/mol. The third-order valence-corrected chi connectivity index (χ3v) is 5.51. The van der Waals surface area contributed by atoms with E-state index in [1.165, 1.54) is 50.0 Å². The van der Waals surface area contributed by atoms with E-state index in [4.69, 9.17) is 4.52 Å². The predicted octanol–water partition coefficient (Wildman–Crippen LogP) is 3.05. The molecule has 2 aliphatic rings. The third-order valence-electron chi connectivity index (χ3n) is 4.37. The molecule has 1 aliphatic heterocycles. The average Bonchev–Trinajstić information content (AvgIpc) is 3.11. The van der Waals surface area contributed by atoms with Gasteiger partial charge in [0.05, 0.1) is 6.54 Å². The molecule has 5 heteroatoms. The number of nitrogens with zero attached hydrogens (tertiary/aromatic N) is 3. The molecule has 106 valence electrons. The first-order chi connectivity index (χ1) is 9.33. The fourth-order valence-electron chi connectivity index (χ4n) is 3.07. The van der Waals surface area contributed by atoms with E-state index >= 15 is 0 Å². The van der Waals surface area contributed by atoms with Gasteiger partial charge in [-0.3, -0.25) is 4.90 Å². The van der Waals surface area contributed by atoms with Crippen molar-refractivity contribution < 1.29 is 4.52 Å². The summed E-state index contributed by atoms with van der Waals surface area (Å²) in [5.41, 5.74) is 0. The Morgan fingerprint density at radius 1 is 1.26 bits per heavy atom. The fourth-order valence-corrected chi connectivity index (χ4v) is 4.37. The smallest absolute Gasteiger partial charge is 0.240 e. The van der Waals surface area contributed by atoms with Crippen molar-refractivity contribution in [1.29, 1.82) is 0 Å². The minimum Gasteiger partial charge on any atom is -0.338 e. The summed E-state index contributed by atoms with van der Waals surface area (Å²) in [6.07, 6.45) is 7.73. The van der Waals surface area contributed by atoms with Crippen LogP contribution in [-0.2, 0) is 6.54 Å². The van der Waals surface area contributed by atoms with Crippen LogP contribution in [0, 0.1) is 0 Å². The third kappa shape index (κ3) is 3.31. The molecule has 1 aromatic rings. The van der Waals surface area contributed by atoms with E-state index in [-0.39, 0.29) is 0 Å². The van der Waals surface area contributed by atoms with Gasteiger partial charge < -0.3 is 4.52 Å². The van der Waals surface area contributed by atoms with Crippen LogP contribution in [0.2, 0.25) is 0 Å². The molecular formula is C14H23N3OS. The number of aromatic nitrogens is 2. The van der Waals surface area contributed by atoms with Crippen LogP contribution in [0.25, 0.3) is 0 Å². The molecule has 4 nitrogen and oxygen atoms in total. The summed E-state index contributed by atoms with van der Waals surface area (Å²) in [5.74, 6) is 4.80. The summed E-state index contributed by atoms with van der Waals surface area (Å²) in [4.78, 5) is 6.98. The maximum atomic E-state index is 5.44. The van der Waals surface area contributed by atoms with E-state index < -0.39 is 0 Å². The maximum absolute atomic E-state index is 5.44.